The van der Waals surface area contributed by atoms with Gasteiger partial charge in [0.05, 0.1) is 0 Å². The van der Waals surface area contributed by atoms with E-state index in [0.717, 1.165) is 23.8 Å². The first-order valence-corrected chi connectivity index (χ1v) is 9.11. The summed E-state index contributed by atoms with van der Waals surface area (Å²) in [6.45, 7) is 1.80. The van der Waals surface area contributed by atoms with Gasteiger partial charge >= 0.3 is 0 Å². The fourth-order valence-electron chi connectivity index (χ4n) is 2.66. The molecular weight excluding hydrogens is 354 g/mol. The summed E-state index contributed by atoms with van der Waals surface area (Å²) in [5.41, 5.74) is 2.45. The molecule has 3 rings (SSSR count). The smallest absolute Gasteiger partial charge is 0.257 e. The number of halogens is 2. The van der Waals surface area contributed by atoms with Crippen molar-refractivity contribution in [3.63, 3.8) is 0 Å². The van der Waals surface area contributed by atoms with Gasteiger partial charge in [-0.15, -0.1) is 0 Å². The van der Waals surface area contributed by atoms with Crippen LogP contribution in [0.5, 0.6) is 0 Å². The standard InChI is InChI=1S/C20H18F2N2OS/c1-13-17(10-14-6-4-3-5-7-14)19(25)24(2)20(23-13)26-12-15-11-16(21)8-9-18(15)22/h3-9,11H,10,12H2,1-2H3. The molecule has 0 fully saturated rings. The molecule has 3 aromatic rings. The van der Waals surface area contributed by atoms with Crippen molar-refractivity contribution in [2.75, 3.05) is 0 Å². The van der Waals surface area contributed by atoms with Crippen molar-refractivity contribution in [3.05, 3.63) is 92.9 Å². The van der Waals surface area contributed by atoms with E-state index in [2.05, 4.69) is 4.98 Å². The second-order valence-corrected chi connectivity index (χ2v) is 6.95. The first-order valence-electron chi connectivity index (χ1n) is 8.13. The third kappa shape index (κ3) is 4.02. The summed E-state index contributed by atoms with van der Waals surface area (Å²) >= 11 is 1.21. The second kappa shape index (κ2) is 7.83. The van der Waals surface area contributed by atoms with Gasteiger partial charge < -0.3 is 0 Å². The Morgan fingerprint density at radius 1 is 1.12 bits per heavy atom. The summed E-state index contributed by atoms with van der Waals surface area (Å²) in [6, 6.07) is 13.1. The third-order valence-electron chi connectivity index (χ3n) is 4.14. The molecule has 0 bridgehead atoms. The molecule has 0 saturated heterocycles. The van der Waals surface area contributed by atoms with E-state index in [1.165, 1.54) is 16.3 Å². The maximum Gasteiger partial charge on any atom is 0.257 e. The minimum Gasteiger partial charge on any atom is -0.291 e. The van der Waals surface area contributed by atoms with Gasteiger partial charge in [0.2, 0.25) is 0 Å². The molecule has 2 aromatic carbocycles. The Kier molecular flexibility index (Phi) is 5.52. The van der Waals surface area contributed by atoms with Crippen LogP contribution in [0.1, 0.15) is 22.4 Å². The van der Waals surface area contributed by atoms with Crippen molar-refractivity contribution in [3.8, 4) is 0 Å². The van der Waals surface area contributed by atoms with E-state index in [4.69, 9.17) is 0 Å². The van der Waals surface area contributed by atoms with Gasteiger partial charge in [-0.05, 0) is 30.7 Å². The Balaban J connectivity index is 1.85. The van der Waals surface area contributed by atoms with Crippen LogP contribution in [0.2, 0.25) is 0 Å². The number of aromatic nitrogens is 2. The third-order valence-corrected chi connectivity index (χ3v) is 5.22. The zero-order valence-corrected chi connectivity index (χ0v) is 15.3. The number of rotatable bonds is 5. The molecule has 0 aliphatic heterocycles. The topological polar surface area (TPSA) is 34.9 Å². The summed E-state index contributed by atoms with van der Waals surface area (Å²) < 4.78 is 28.5. The fraction of sp³-hybridized carbons (Fsp3) is 0.200. The van der Waals surface area contributed by atoms with Gasteiger partial charge in [0.15, 0.2) is 5.16 Å². The number of hydrogen-bond donors (Lipinski definition) is 0. The highest BCUT2D eigenvalue weighted by Gasteiger charge is 2.14. The number of aryl methyl sites for hydroxylation is 1. The van der Waals surface area contributed by atoms with E-state index in [0.29, 0.717) is 22.8 Å². The first-order chi connectivity index (χ1) is 12.5. The van der Waals surface area contributed by atoms with Gasteiger partial charge in [0.25, 0.3) is 5.56 Å². The highest BCUT2D eigenvalue weighted by molar-refractivity contribution is 7.98. The quantitative estimate of drug-likeness (QED) is 0.496. The van der Waals surface area contributed by atoms with Crippen LogP contribution in [-0.4, -0.2) is 9.55 Å². The largest absolute Gasteiger partial charge is 0.291 e. The lowest BCUT2D eigenvalue weighted by molar-refractivity contribution is 0.591. The molecule has 6 heteroatoms. The van der Waals surface area contributed by atoms with Crippen LogP contribution in [0.3, 0.4) is 0 Å². The van der Waals surface area contributed by atoms with Crippen LogP contribution in [0.25, 0.3) is 0 Å². The van der Waals surface area contributed by atoms with Crippen molar-refractivity contribution in [1.82, 2.24) is 9.55 Å². The van der Waals surface area contributed by atoms with E-state index in [1.807, 2.05) is 30.3 Å². The lowest BCUT2D eigenvalue weighted by atomic mass is 10.1. The van der Waals surface area contributed by atoms with Crippen LogP contribution >= 0.6 is 11.8 Å². The highest BCUT2D eigenvalue weighted by atomic mass is 32.2. The summed E-state index contributed by atoms with van der Waals surface area (Å²) in [7, 11) is 1.65. The SMILES string of the molecule is Cc1nc(SCc2cc(F)ccc2F)n(C)c(=O)c1Cc1ccccc1. The van der Waals surface area contributed by atoms with Crippen LogP contribution in [0, 0.1) is 18.6 Å². The predicted octanol–water partition coefficient (Wildman–Crippen LogP) is 4.25. The Hall–Kier alpha value is -2.47. The maximum absolute atomic E-state index is 13.8. The zero-order chi connectivity index (χ0) is 18.7. The molecule has 0 spiro atoms. The molecule has 0 atom stereocenters. The lowest BCUT2D eigenvalue weighted by Crippen LogP contribution is -2.25. The molecule has 0 radical (unpaired) electrons. The van der Waals surface area contributed by atoms with Gasteiger partial charge in [-0.3, -0.25) is 9.36 Å². The predicted molar refractivity (Wildman–Crippen MR) is 99.4 cm³/mol. The maximum atomic E-state index is 13.8. The molecule has 0 aliphatic carbocycles. The lowest BCUT2D eigenvalue weighted by Gasteiger charge is -2.12. The van der Waals surface area contributed by atoms with Gasteiger partial charge in [-0.25, -0.2) is 13.8 Å². The summed E-state index contributed by atoms with van der Waals surface area (Å²) in [5.74, 6) is -0.763. The Bertz CT molecular complexity index is 987. The molecule has 134 valence electrons. The summed E-state index contributed by atoms with van der Waals surface area (Å²) in [4.78, 5) is 17.2. The van der Waals surface area contributed by atoms with Gasteiger partial charge in [-0.1, -0.05) is 42.1 Å². The fourth-order valence-corrected chi connectivity index (χ4v) is 3.64. The Labute approximate surface area is 154 Å². The molecule has 0 unspecified atom stereocenters. The van der Waals surface area contributed by atoms with Gasteiger partial charge in [-0.2, -0.15) is 0 Å². The van der Waals surface area contributed by atoms with Gasteiger partial charge in [0.1, 0.15) is 11.6 Å². The van der Waals surface area contributed by atoms with E-state index < -0.39 is 11.6 Å². The molecule has 0 saturated carbocycles. The minimum atomic E-state index is -0.488. The Morgan fingerprint density at radius 3 is 2.58 bits per heavy atom. The van der Waals surface area contributed by atoms with Crippen molar-refractivity contribution >= 4 is 11.8 Å². The van der Waals surface area contributed by atoms with Gasteiger partial charge in [0, 0.05) is 36.0 Å². The minimum absolute atomic E-state index is 0.122. The molecular formula is C20H18F2N2OS. The number of thioether (sulfide) groups is 1. The molecule has 0 N–H and O–H groups in total. The molecule has 1 heterocycles. The number of benzene rings is 2. The van der Waals surface area contributed by atoms with Crippen molar-refractivity contribution in [2.45, 2.75) is 24.3 Å². The molecule has 0 aliphatic rings. The van der Waals surface area contributed by atoms with Crippen molar-refractivity contribution in [1.29, 1.82) is 0 Å². The molecule has 0 amide bonds. The van der Waals surface area contributed by atoms with E-state index >= 15 is 0 Å². The average Bonchev–Trinajstić information content (AvgIpc) is 2.64. The summed E-state index contributed by atoms with van der Waals surface area (Å²) in [5, 5.41) is 0.480. The van der Waals surface area contributed by atoms with E-state index in [1.54, 1.807) is 14.0 Å². The number of hydrogen-bond acceptors (Lipinski definition) is 3. The van der Waals surface area contributed by atoms with Crippen LogP contribution in [0.15, 0.2) is 58.5 Å². The zero-order valence-electron chi connectivity index (χ0n) is 14.5. The van der Waals surface area contributed by atoms with Crippen molar-refractivity contribution in [2.24, 2.45) is 7.05 Å². The summed E-state index contributed by atoms with van der Waals surface area (Å²) in [6.07, 6.45) is 0.510. The van der Waals surface area contributed by atoms with Crippen molar-refractivity contribution < 1.29 is 8.78 Å². The number of nitrogens with zero attached hydrogens (tertiary/aromatic N) is 2. The van der Waals surface area contributed by atoms with Crippen LogP contribution in [-0.2, 0) is 19.2 Å². The van der Waals surface area contributed by atoms with E-state index in [9.17, 15) is 13.6 Å². The van der Waals surface area contributed by atoms with E-state index in [-0.39, 0.29) is 16.9 Å². The van der Waals surface area contributed by atoms with Crippen LogP contribution < -0.4 is 5.56 Å². The Morgan fingerprint density at radius 2 is 1.85 bits per heavy atom. The second-order valence-electron chi connectivity index (χ2n) is 6.01. The highest BCUT2D eigenvalue weighted by Crippen LogP contribution is 2.23. The molecule has 26 heavy (non-hydrogen) atoms. The molecule has 1 aromatic heterocycles. The monoisotopic (exact) mass is 372 g/mol. The average molecular weight is 372 g/mol. The normalized spacial score (nSPS) is 10.9. The van der Waals surface area contributed by atoms with Crippen LogP contribution in [0.4, 0.5) is 8.78 Å². The molecule has 3 nitrogen and oxygen atoms in total. The first kappa shape index (κ1) is 18.3.